The first-order chi connectivity index (χ1) is 7.43. The van der Waals surface area contributed by atoms with Gasteiger partial charge in [0.05, 0.1) is 0 Å². The molecule has 1 unspecified atom stereocenters. The quantitative estimate of drug-likeness (QED) is 0.837. The smallest absolute Gasteiger partial charge is 0.325 e. The second-order valence-electron chi connectivity index (χ2n) is 4.19. The fourth-order valence-corrected chi connectivity index (χ4v) is 1.62. The highest BCUT2D eigenvalue weighted by Crippen LogP contribution is 2.21. The summed E-state index contributed by atoms with van der Waals surface area (Å²) >= 11 is 0. The van der Waals surface area contributed by atoms with Crippen LogP contribution in [-0.4, -0.2) is 44.2 Å². The average molecular weight is 222 g/mol. The molecule has 4 nitrogen and oxygen atoms in total. The molecule has 0 aliphatic heterocycles. The van der Waals surface area contributed by atoms with Crippen molar-refractivity contribution in [3.05, 3.63) is 29.8 Å². The maximum atomic E-state index is 11.1. The van der Waals surface area contributed by atoms with Gasteiger partial charge in [0.15, 0.2) is 0 Å². The van der Waals surface area contributed by atoms with E-state index in [1.807, 2.05) is 43.3 Å². The zero-order chi connectivity index (χ0) is 12.3. The van der Waals surface area contributed by atoms with Crippen molar-refractivity contribution < 1.29 is 9.90 Å². The Balaban J connectivity index is 2.99. The largest absolute Gasteiger partial charge is 0.480 e. The fourth-order valence-electron chi connectivity index (χ4n) is 1.62. The number of likely N-dealkylation sites (N-methyl/N-ethyl adjacent to an activating group) is 1. The third-order valence-corrected chi connectivity index (χ3v) is 2.48. The van der Waals surface area contributed by atoms with E-state index in [0.717, 1.165) is 11.3 Å². The van der Waals surface area contributed by atoms with Crippen molar-refractivity contribution in [1.29, 1.82) is 0 Å². The van der Waals surface area contributed by atoms with Crippen LogP contribution in [0.4, 0.5) is 5.69 Å². The summed E-state index contributed by atoms with van der Waals surface area (Å²) in [6.07, 6.45) is 0. The summed E-state index contributed by atoms with van der Waals surface area (Å²) in [6.45, 7) is 0. The van der Waals surface area contributed by atoms with Crippen LogP contribution in [0.5, 0.6) is 0 Å². The molecule has 0 aliphatic carbocycles. The maximum Gasteiger partial charge on any atom is 0.325 e. The summed E-state index contributed by atoms with van der Waals surface area (Å²) in [4.78, 5) is 14.8. The van der Waals surface area contributed by atoms with Gasteiger partial charge in [-0.1, -0.05) is 12.1 Å². The molecule has 1 N–H and O–H groups in total. The number of carboxylic acid groups (broad SMARTS) is 1. The van der Waals surface area contributed by atoms with Crippen molar-refractivity contribution in [2.45, 2.75) is 6.04 Å². The molecule has 0 fully saturated rings. The highest BCUT2D eigenvalue weighted by Gasteiger charge is 2.21. The van der Waals surface area contributed by atoms with Gasteiger partial charge in [-0.25, -0.2) is 0 Å². The lowest BCUT2D eigenvalue weighted by atomic mass is 10.1. The van der Waals surface area contributed by atoms with Gasteiger partial charge in [-0.05, 0) is 31.8 Å². The predicted octanol–water partition coefficient (Wildman–Crippen LogP) is 1.44. The summed E-state index contributed by atoms with van der Waals surface area (Å²) in [5, 5.41) is 9.12. The number of rotatable bonds is 4. The molecule has 0 aliphatic rings. The molecule has 16 heavy (non-hydrogen) atoms. The van der Waals surface area contributed by atoms with E-state index in [2.05, 4.69) is 0 Å². The number of carboxylic acids is 1. The summed E-state index contributed by atoms with van der Waals surface area (Å²) in [7, 11) is 7.43. The Morgan fingerprint density at radius 1 is 1.12 bits per heavy atom. The summed E-state index contributed by atoms with van der Waals surface area (Å²) < 4.78 is 0. The van der Waals surface area contributed by atoms with Crippen LogP contribution in [0, 0.1) is 0 Å². The average Bonchev–Trinajstić information content (AvgIpc) is 2.17. The molecule has 0 aromatic heterocycles. The Hall–Kier alpha value is -1.55. The molecule has 0 radical (unpaired) electrons. The van der Waals surface area contributed by atoms with Crippen molar-refractivity contribution in [3.63, 3.8) is 0 Å². The fraction of sp³-hybridized carbons (Fsp3) is 0.417. The van der Waals surface area contributed by atoms with E-state index in [-0.39, 0.29) is 0 Å². The Labute approximate surface area is 96.1 Å². The van der Waals surface area contributed by atoms with Crippen molar-refractivity contribution >= 4 is 11.7 Å². The molecule has 0 bridgehead atoms. The van der Waals surface area contributed by atoms with E-state index in [0.29, 0.717) is 0 Å². The zero-order valence-electron chi connectivity index (χ0n) is 10.1. The van der Waals surface area contributed by atoms with Crippen LogP contribution in [0.1, 0.15) is 11.6 Å². The minimum Gasteiger partial charge on any atom is -0.480 e. The Bertz CT molecular complexity index is 358. The van der Waals surface area contributed by atoms with Gasteiger partial charge >= 0.3 is 5.97 Å². The molecule has 0 saturated heterocycles. The van der Waals surface area contributed by atoms with E-state index in [1.54, 1.807) is 19.0 Å². The highest BCUT2D eigenvalue weighted by atomic mass is 16.4. The first-order valence-electron chi connectivity index (χ1n) is 5.10. The van der Waals surface area contributed by atoms with Crippen molar-refractivity contribution in [1.82, 2.24) is 4.90 Å². The van der Waals surface area contributed by atoms with Gasteiger partial charge in [-0.2, -0.15) is 0 Å². The molecule has 0 heterocycles. The molecule has 0 saturated carbocycles. The van der Waals surface area contributed by atoms with E-state index in [9.17, 15) is 4.79 Å². The molecular formula is C12H18N2O2. The minimum absolute atomic E-state index is 0.587. The number of nitrogens with zero attached hydrogens (tertiary/aromatic N) is 2. The lowest BCUT2D eigenvalue weighted by molar-refractivity contribution is -0.142. The van der Waals surface area contributed by atoms with Gasteiger partial charge in [0.1, 0.15) is 6.04 Å². The molecule has 1 atom stereocenters. The van der Waals surface area contributed by atoms with Crippen molar-refractivity contribution in [3.8, 4) is 0 Å². The second-order valence-corrected chi connectivity index (χ2v) is 4.19. The van der Waals surface area contributed by atoms with E-state index >= 15 is 0 Å². The van der Waals surface area contributed by atoms with Crippen molar-refractivity contribution in [2.24, 2.45) is 0 Å². The SMILES string of the molecule is CN(C)c1ccc(C(C(=O)O)N(C)C)cc1. The Kier molecular flexibility index (Phi) is 3.90. The number of benzene rings is 1. The predicted molar refractivity (Wildman–Crippen MR) is 64.8 cm³/mol. The van der Waals surface area contributed by atoms with Crippen LogP contribution in [0.15, 0.2) is 24.3 Å². The van der Waals surface area contributed by atoms with E-state index in [1.165, 1.54) is 0 Å². The summed E-state index contributed by atoms with van der Waals surface area (Å²) in [6, 6.07) is 6.97. The Morgan fingerprint density at radius 2 is 1.62 bits per heavy atom. The van der Waals surface area contributed by atoms with Crippen LogP contribution in [-0.2, 0) is 4.79 Å². The number of hydrogen-bond donors (Lipinski definition) is 1. The third kappa shape index (κ3) is 2.73. The van der Waals surface area contributed by atoms with Gasteiger partial charge in [0, 0.05) is 19.8 Å². The molecule has 0 amide bonds. The first-order valence-corrected chi connectivity index (χ1v) is 5.10. The zero-order valence-corrected chi connectivity index (χ0v) is 10.1. The van der Waals surface area contributed by atoms with Crippen LogP contribution < -0.4 is 4.90 Å². The first kappa shape index (κ1) is 12.5. The topological polar surface area (TPSA) is 43.8 Å². The molecule has 88 valence electrons. The van der Waals surface area contributed by atoms with Crippen LogP contribution >= 0.6 is 0 Å². The lowest BCUT2D eigenvalue weighted by Gasteiger charge is -2.21. The molecule has 4 heteroatoms. The third-order valence-electron chi connectivity index (χ3n) is 2.48. The van der Waals surface area contributed by atoms with Crippen LogP contribution in [0.2, 0.25) is 0 Å². The molecule has 0 spiro atoms. The number of aliphatic carboxylic acids is 1. The van der Waals surface area contributed by atoms with Gasteiger partial charge in [-0.15, -0.1) is 0 Å². The van der Waals surface area contributed by atoms with E-state index < -0.39 is 12.0 Å². The number of anilines is 1. The standard InChI is InChI=1S/C12H18N2O2/c1-13(2)10-7-5-9(6-8-10)11(12(15)16)14(3)4/h5-8,11H,1-4H3,(H,15,16). The lowest BCUT2D eigenvalue weighted by Crippen LogP contribution is -2.27. The van der Waals surface area contributed by atoms with Gasteiger partial charge in [-0.3, -0.25) is 9.69 Å². The normalized spacial score (nSPS) is 12.6. The summed E-state index contributed by atoms with van der Waals surface area (Å²) in [5.41, 5.74) is 1.86. The van der Waals surface area contributed by atoms with Gasteiger partial charge in [0.2, 0.25) is 0 Å². The van der Waals surface area contributed by atoms with Crippen LogP contribution in [0.3, 0.4) is 0 Å². The van der Waals surface area contributed by atoms with Crippen molar-refractivity contribution in [2.75, 3.05) is 33.1 Å². The number of carbonyl (C=O) groups is 1. The maximum absolute atomic E-state index is 11.1. The monoisotopic (exact) mass is 222 g/mol. The minimum atomic E-state index is -0.831. The molecule has 1 aromatic rings. The molecule has 1 aromatic carbocycles. The molecular weight excluding hydrogens is 204 g/mol. The van der Waals surface area contributed by atoms with E-state index in [4.69, 9.17) is 5.11 Å². The van der Waals surface area contributed by atoms with Crippen LogP contribution in [0.25, 0.3) is 0 Å². The highest BCUT2D eigenvalue weighted by molar-refractivity contribution is 5.75. The van der Waals surface area contributed by atoms with Gasteiger partial charge in [0.25, 0.3) is 0 Å². The van der Waals surface area contributed by atoms with Gasteiger partial charge < -0.3 is 10.0 Å². The Morgan fingerprint density at radius 3 is 1.94 bits per heavy atom. The number of hydrogen-bond acceptors (Lipinski definition) is 3. The second kappa shape index (κ2) is 4.99. The molecule has 1 rings (SSSR count). The summed E-state index contributed by atoms with van der Waals surface area (Å²) in [5.74, 6) is -0.831.